The molecular formula is C24H32BrN3O4. The van der Waals surface area contributed by atoms with E-state index in [1.807, 2.05) is 43.3 Å². The summed E-state index contributed by atoms with van der Waals surface area (Å²) in [6, 6.07) is 11.4. The molecule has 0 radical (unpaired) electrons. The van der Waals surface area contributed by atoms with E-state index in [0.717, 1.165) is 67.1 Å². The molecule has 174 valence electrons. The van der Waals surface area contributed by atoms with Crippen LogP contribution in [0.2, 0.25) is 0 Å². The van der Waals surface area contributed by atoms with Crippen molar-refractivity contribution < 1.29 is 19.0 Å². The Bertz CT molecular complexity index is 870. The van der Waals surface area contributed by atoms with Gasteiger partial charge in [0.05, 0.1) is 20.3 Å². The average Bonchev–Trinajstić information content (AvgIpc) is 2.81. The van der Waals surface area contributed by atoms with Crippen LogP contribution in [0, 0.1) is 6.92 Å². The highest BCUT2D eigenvalue weighted by molar-refractivity contribution is 9.10. The third-order valence-corrected chi connectivity index (χ3v) is 6.05. The molecule has 1 aliphatic heterocycles. The van der Waals surface area contributed by atoms with Crippen LogP contribution >= 0.6 is 15.9 Å². The Morgan fingerprint density at radius 2 is 1.91 bits per heavy atom. The Morgan fingerprint density at radius 3 is 2.62 bits per heavy atom. The SMILES string of the molecule is COc1ccc(Br)c(CNCCCN2CCOCC2)c1OCC(=O)Nc1ccc(C)cc1. The number of ether oxygens (including phenoxy) is 3. The van der Waals surface area contributed by atoms with Crippen LogP contribution in [0.3, 0.4) is 0 Å². The van der Waals surface area contributed by atoms with Crippen LogP contribution in [-0.2, 0) is 16.1 Å². The molecule has 1 amide bonds. The van der Waals surface area contributed by atoms with Crippen LogP contribution in [-0.4, -0.2) is 63.9 Å². The van der Waals surface area contributed by atoms with Crippen LogP contribution in [0.15, 0.2) is 40.9 Å². The van der Waals surface area contributed by atoms with Gasteiger partial charge < -0.3 is 24.8 Å². The minimum atomic E-state index is -0.222. The van der Waals surface area contributed by atoms with E-state index in [9.17, 15) is 4.79 Å². The molecule has 7 nitrogen and oxygen atoms in total. The number of rotatable bonds is 11. The number of benzene rings is 2. The Balaban J connectivity index is 1.53. The number of anilines is 1. The summed E-state index contributed by atoms with van der Waals surface area (Å²) in [4.78, 5) is 14.8. The quantitative estimate of drug-likeness (QED) is 0.454. The number of aryl methyl sites for hydroxylation is 1. The Morgan fingerprint density at radius 1 is 1.16 bits per heavy atom. The van der Waals surface area contributed by atoms with E-state index in [0.29, 0.717) is 18.0 Å². The molecule has 2 N–H and O–H groups in total. The zero-order valence-electron chi connectivity index (χ0n) is 18.8. The Hall–Kier alpha value is -2.13. The summed E-state index contributed by atoms with van der Waals surface area (Å²) < 4.78 is 17.7. The van der Waals surface area contributed by atoms with Crippen molar-refractivity contribution in [3.8, 4) is 11.5 Å². The number of halogens is 1. The van der Waals surface area contributed by atoms with Crippen LogP contribution in [0.1, 0.15) is 17.5 Å². The predicted octanol–water partition coefficient (Wildman–Crippen LogP) is 3.60. The molecule has 0 atom stereocenters. The van der Waals surface area contributed by atoms with Crippen molar-refractivity contribution in [2.75, 3.05) is 58.4 Å². The monoisotopic (exact) mass is 505 g/mol. The Labute approximate surface area is 198 Å². The van der Waals surface area contributed by atoms with Gasteiger partial charge in [-0.15, -0.1) is 0 Å². The second kappa shape index (κ2) is 12.8. The zero-order valence-corrected chi connectivity index (χ0v) is 20.4. The first-order valence-corrected chi connectivity index (χ1v) is 11.7. The lowest BCUT2D eigenvalue weighted by Crippen LogP contribution is -2.37. The van der Waals surface area contributed by atoms with E-state index in [4.69, 9.17) is 14.2 Å². The molecule has 8 heteroatoms. The maximum atomic E-state index is 12.4. The summed E-state index contributed by atoms with van der Waals surface area (Å²) >= 11 is 3.61. The molecule has 32 heavy (non-hydrogen) atoms. The van der Waals surface area contributed by atoms with Gasteiger partial charge in [0.25, 0.3) is 5.91 Å². The Kier molecular flexibility index (Phi) is 9.80. The van der Waals surface area contributed by atoms with Gasteiger partial charge >= 0.3 is 0 Å². The van der Waals surface area contributed by atoms with Crippen molar-refractivity contribution in [2.24, 2.45) is 0 Å². The molecule has 0 aromatic heterocycles. The fraction of sp³-hybridized carbons (Fsp3) is 0.458. The zero-order chi connectivity index (χ0) is 22.8. The van der Waals surface area contributed by atoms with Gasteiger partial charge in [0, 0.05) is 35.4 Å². The van der Waals surface area contributed by atoms with Gasteiger partial charge in [-0.2, -0.15) is 0 Å². The lowest BCUT2D eigenvalue weighted by atomic mass is 10.1. The van der Waals surface area contributed by atoms with Gasteiger partial charge in [-0.25, -0.2) is 0 Å². The molecule has 0 saturated carbocycles. The fourth-order valence-corrected chi connectivity index (χ4v) is 3.96. The van der Waals surface area contributed by atoms with Gasteiger partial charge in [-0.05, 0) is 50.7 Å². The topological polar surface area (TPSA) is 72.1 Å². The number of nitrogens with zero attached hydrogens (tertiary/aromatic N) is 1. The summed E-state index contributed by atoms with van der Waals surface area (Å²) in [5, 5.41) is 6.34. The van der Waals surface area contributed by atoms with E-state index >= 15 is 0 Å². The van der Waals surface area contributed by atoms with E-state index in [1.54, 1.807) is 7.11 Å². The maximum absolute atomic E-state index is 12.4. The molecule has 1 fully saturated rings. The molecular weight excluding hydrogens is 474 g/mol. The van der Waals surface area contributed by atoms with E-state index in [2.05, 4.69) is 31.5 Å². The number of carbonyl (C=O) groups excluding carboxylic acids is 1. The highest BCUT2D eigenvalue weighted by Gasteiger charge is 2.16. The van der Waals surface area contributed by atoms with E-state index in [-0.39, 0.29) is 12.5 Å². The highest BCUT2D eigenvalue weighted by Crippen LogP contribution is 2.36. The van der Waals surface area contributed by atoms with Crippen LogP contribution in [0.4, 0.5) is 5.69 Å². The van der Waals surface area contributed by atoms with Crippen LogP contribution in [0.25, 0.3) is 0 Å². The summed E-state index contributed by atoms with van der Waals surface area (Å²) in [5.41, 5.74) is 2.81. The molecule has 0 aliphatic carbocycles. The first kappa shape index (κ1) is 24.5. The average molecular weight is 506 g/mol. The second-order valence-corrected chi connectivity index (χ2v) is 8.60. The van der Waals surface area contributed by atoms with Gasteiger partial charge in [-0.3, -0.25) is 9.69 Å². The van der Waals surface area contributed by atoms with Gasteiger partial charge in [0.2, 0.25) is 0 Å². The summed E-state index contributed by atoms with van der Waals surface area (Å²) in [6.07, 6.45) is 1.05. The normalized spacial score (nSPS) is 14.2. The molecule has 2 aromatic rings. The van der Waals surface area contributed by atoms with Crippen LogP contribution in [0.5, 0.6) is 11.5 Å². The largest absolute Gasteiger partial charge is 0.493 e. The van der Waals surface area contributed by atoms with Gasteiger partial charge in [0.1, 0.15) is 0 Å². The van der Waals surface area contributed by atoms with Gasteiger partial charge in [0.15, 0.2) is 18.1 Å². The number of hydrogen-bond acceptors (Lipinski definition) is 6. The number of methoxy groups -OCH3 is 1. The number of nitrogens with one attached hydrogen (secondary N) is 2. The minimum absolute atomic E-state index is 0.106. The van der Waals surface area contributed by atoms with Crippen molar-refractivity contribution in [2.45, 2.75) is 19.9 Å². The van der Waals surface area contributed by atoms with Crippen molar-refractivity contribution >= 4 is 27.5 Å². The lowest BCUT2D eigenvalue weighted by molar-refractivity contribution is -0.118. The third kappa shape index (κ3) is 7.48. The first-order chi connectivity index (χ1) is 15.6. The predicted molar refractivity (Wildman–Crippen MR) is 130 cm³/mol. The summed E-state index contributed by atoms with van der Waals surface area (Å²) in [7, 11) is 1.60. The molecule has 1 heterocycles. The number of hydrogen-bond donors (Lipinski definition) is 2. The lowest BCUT2D eigenvalue weighted by Gasteiger charge is -2.26. The molecule has 1 saturated heterocycles. The maximum Gasteiger partial charge on any atom is 0.262 e. The molecule has 0 spiro atoms. The highest BCUT2D eigenvalue weighted by atomic mass is 79.9. The number of carbonyl (C=O) groups is 1. The standard InChI is InChI=1S/C24H32BrN3O4/c1-18-4-6-19(7-5-18)27-23(29)17-32-24-20(21(25)8-9-22(24)30-2)16-26-10-3-11-28-12-14-31-15-13-28/h4-9,26H,3,10-17H2,1-2H3,(H,27,29). The molecule has 1 aliphatic rings. The minimum Gasteiger partial charge on any atom is -0.493 e. The molecule has 3 rings (SSSR count). The van der Waals surface area contributed by atoms with E-state index in [1.165, 1.54) is 0 Å². The smallest absolute Gasteiger partial charge is 0.262 e. The number of amides is 1. The van der Waals surface area contributed by atoms with Crippen LogP contribution < -0.4 is 20.1 Å². The molecule has 2 aromatic carbocycles. The van der Waals surface area contributed by atoms with Crippen molar-refractivity contribution in [1.82, 2.24) is 10.2 Å². The fourth-order valence-electron chi connectivity index (χ4n) is 3.50. The summed E-state index contributed by atoms with van der Waals surface area (Å²) in [5.74, 6) is 0.948. The second-order valence-electron chi connectivity index (χ2n) is 7.74. The van der Waals surface area contributed by atoms with Gasteiger partial charge in [-0.1, -0.05) is 33.6 Å². The summed E-state index contributed by atoms with van der Waals surface area (Å²) in [6.45, 7) is 8.10. The van der Waals surface area contributed by atoms with Crippen molar-refractivity contribution in [3.63, 3.8) is 0 Å². The van der Waals surface area contributed by atoms with E-state index < -0.39 is 0 Å². The number of morpholine rings is 1. The molecule has 0 unspecified atom stereocenters. The van der Waals surface area contributed by atoms with Crippen molar-refractivity contribution in [3.05, 3.63) is 52.0 Å². The molecule has 0 bridgehead atoms. The third-order valence-electron chi connectivity index (χ3n) is 5.30. The van der Waals surface area contributed by atoms with Crippen molar-refractivity contribution in [1.29, 1.82) is 0 Å². The first-order valence-electron chi connectivity index (χ1n) is 10.9.